The van der Waals surface area contributed by atoms with Crippen molar-refractivity contribution in [3.05, 3.63) is 106 Å². The van der Waals surface area contributed by atoms with Gasteiger partial charge < -0.3 is 0 Å². The molecule has 0 saturated heterocycles. The number of rotatable bonds is 4. The van der Waals surface area contributed by atoms with Gasteiger partial charge in [-0.05, 0) is 79.1 Å². The first-order valence-corrected chi connectivity index (χ1v) is 10.00. The smallest absolute Gasteiger partial charge is 0.0991 e. The van der Waals surface area contributed by atoms with Gasteiger partial charge in [0.25, 0.3) is 0 Å². The van der Waals surface area contributed by atoms with Gasteiger partial charge in [-0.2, -0.15) is 5.26 Å². The van der Waals surface area contributed by atoms with E-state index in [0.717, 1.165) is 28.7 Å². The van der Waals surface area contributed by atoms with Crippen LogP contribution in [-0.4, -0.2) is 0 Å². The zero-order chi connectivity index (χ0) is 20.3. The quantitative estimate of drug-likeness (QED) is 0.401. The molecule has 1 nitrogen and oxygen atoms in total. The van der Waals surface area contributed by atoms with Crippen molar-refractivity contribution in [2.24, 2.45) is 0 Å². The maximum Gasteiger partial charge on any atom is 0.0991 e. The molecule has 0 aliphatic rings. The van der Waals surface area contributed by atoms with E-state index >= 15 is 0 Å². The summed E-state index contributed by atoms with van der Waals surface area (Å²) in [5.41, 5.74) is 5.88. The Labute approximate surface area is 174 Å². The maximum atomic E-state index is 8.84. The second-order valence-corrected chi connectivity index (χ2v) is 6.92. The van der Waals surface area contributed by atoms with Crippen molar-refractivity contribution in [3.8, 4) is 29.8 Å². The molecule has 29 heavy (non-hydrogen) atoms. The Morgan fingerprint density at radius 3 is 1.66 bits per heavy atom. The summed E-state index contributed by atoms with van der Waals surface area (Å²) in [4.78, 5) is 0. The first-order valence-electron chi connectivity index (χ1n) is 10.00. The van der Waals surface area contributed by atoms with E-state index in [1.807, 2.05) is 36.4 Å². The van der Waals surface area contributed by atoms with Crippen LogP contribution in [0.2, 0.25) is 0 Å². The lowest BCUT2D eigenvalue weighted by Crippen LogP contribution is -1.86. The fourth-order valence-corrected chi connectivity index (χ4v) is 2.94. The molecule has 0 unspecified atom stereocenters. The summed E-state index contributed by atoms with van der Waals surface area (Å²) in [6.45, 7) is 2.23. The van der Waals surface area contributed by atoms with E-state index in [0.29, 0.717) is 5.56 Å². The lowest BCUT2D eigenvalue weighted by atomic mass is 10.0. The molecule has 0 N–H and O–H groups in total. The van der Waals surface area contributed by atoms with Crippen molar-refractivity contribution in [2.45, 2.75) is 32.6 Å². The number of hydrogen-bond acceptors (Lipinski definition) is 1. The molecule has 3 aromatic carbocycles. The average molecular weight is 373 g/mol. The van der Waals surface area contributed by atoms with Gasteiger partial charge in [-0.1, -0.05) is 55.6 Å². The van der Waals surface area contributed by atoms with Crippen LogP contribution in [0.5, 0.6) is 0 Å². The molecule has 0 aliphatic heterocycles. The highest BCUT2D eigenvalue weighted by molar-refractivity contribution is 5.48. The maximum absolute atomic E-state index is 8.84. The zero-order valence-electron chi connectivity index (χ0n) is 16.7. The van der Waals surface area contributed by atoms with Gasteiger partial charge in [0, 0.05) is 22.3 Å². The topological polar surface area (TPSA) is 23.8 Å². The van der Waals surface area contributed by atoms with Crippen molar-refractivity contribution in [3.63, 3.8) is 0 Å². The first kappa shape index (κ1) is 20.0. The number of benzene rings is 3. The second-order valence-electron chi connectivity index (χ2n) is 6.92. The number of nitriles is 1. The van der Waals surface area contributed by atoms with Crippen LogP contribution >= 0.6 is 0 Å². The molecule has 0 bridgehead atoms. The van der Waals surface area contributed by atoms with Crippen molar-refractivity contribution in [2.75, 3.05) is 0 Å². The van der Waals surface area contributed by atoms with Gasteiger partial charge in [0.1, 0.15) is 0 Å². The minimum Gasteiger partial charge on any atom is -0.192 e. The lowest BCUT2D eigenvalue weighted by Gasteiger charge is -2.01. The molecule has 0 radical (unpaired) electrons. The zero-order valence-corrected chi connectivity index (χ0v) is 16.7. The Morgan fingerprint density at radius 2 is 1.14 bits per heavy atom. The summed E-state index contributed by atoms with van der Waals surface area (Å²) < 4.78 is 0. The van der Waals surface area contributed by atoms with Crippen LogP contribution < -0.4 is 0 Å². The molecule has 0 aromatic heterocycles. The van der Waals surface area contributed by atoms with Crippen LogP contribution in [0.25, 0.3) is 0 Å². The van der Waals surface area contributed by atoms with Crippen LogP contribution in [-0.2, 0) is 6.42 Å². The summed E-state index contributed by atoms with van der Waals surface area (Å²) in [7, 11) is 0. The van der Waals surface area contributed by atoms with Crippen LogP contribution in [0.4, 0.5) is 0 Å². The predicted molar refractivity (Wildman–Crippen MR) is 119 cm³/mol. The fourth-order valence-electron chi connectivity index (χ4n) is 2.94. The third-order valence-corrected chi connectivity index (χ3v) is 4.60. The number of aryl methyl sites for hydroxylation is 1. The molecular formula is C28H23N. The Hall–Kier alpha value is -3.73. The van der Waals surface area contributed by atoms with Crippen molar-refractivity contribution in [1.82, 2.24) is 0 Å². The molecule has 0 heterocycles. The molecule has 140 valence electrons. The third-order valence-electron chi connectivity index (χ3n) is 4.60. The van der Waals surface area contributed by atoms with Gasteiger partial charge >= 0.3 is 0 Å². The third kappa shape index (κ3) is 6.43. The van der Waals surface area contributed by atoms with Crippen LogP contribution in [0.15, 0.2) is 72.8 Å². The van der Waals surface area contributed by atoms with Crippen LogP contribution in [0.3, 0.4) is 0 Å². The highest BCUT2D eigenvalue weighted by Crippen LogP contribution is 2.10. The normalized spacial score (nSPS) is 9.52. The monoisotopic (exact) mass is 373 g/mol. The Balaban J connectivity index is 1.65. The van der Waals surface area contributed by atoms with E-state index in [4.69, 9.17) is 5.26 Å². The molecule has 3 rings (SSSR count). The lowest BCUT2D eigenvalue weighted by molar-refractivity contribution is 0.717. The van der Waals surface area contributed by atoms with E-state index in [9.17, 15) is 0 Å². The Morgan fingerprint density at radius 1 is 0.621 bits per heavy atom. The molecule has 0 aliphatic carbocycles. The second kappa shape index (κ2) is 10.6. The van der Waals surface area contributed by atoms with Crippen LogP contribution in [0, 0.1) is 35.0 Å². The molecule has 0 amide bonds. The Bertz CT molecular complexity index is 1110. The molecule has 0 atom stereocenters. The van der Waals surface area contributed by atoms with Gasteiger partial charge in [0.15, 0.2) is 0 Å². The minimum atomic E-state index is 0.643. The standard InChI is InChI=1S/C28H23N/c1-2-3-4-6-26-7-5-8-27(21-26)18-15-24-12-9-23(10-13-24)11-14-25-16-19-28(22-29)20-17-25/h5,7-10,12-13,16-17,19-21H,2-4,6H2,1H3. The molecule has 0 saturated carbocycles. The van der Waals surface area contributed by atoms with Gasteiger partial charge in [-0.15, -0.1) is 0 Å². The fraction of sp³-hybridized carbons (Fsp3) is 0.179. The van der Waals surface area contributed by atoms with Gasteiger partial charge in [0.05, 0.1) is 11.6 Å². The van der Waals surface area contributed by atoms with Crippen molar-refractivity contribution in [1.29, 1.82) is 5.26 Å². The average Bonchev–Trinajstić information content (AvgIpc) is 2.78. The van der Waals surface area contributed by atoms with Gasteiger partial charge in [-0.25, -0.2) is 0 Å². The Kier molecular flexibility index (Phi) is 7.29. The van der Waals surface area contributed by atoms with E-state index in [-0.39, 0.29) is 0 Å². The molecule has 0 fully saturated rings. The van der Waals surface area contributed by atoms with Crippen LogP contribution in [0.1, 0.15) is 59.6 Å². The van der Waals surface area contributed by atoms with E-state index < -0.39 is 0 Å². The largest absolute Gasteiger partial charge is 0.192 e. The molecular weight excluding hydrogens is 350 g/mol. The summed E-state index contributed by atoms with van der Waals surface area (Å²) in [5, 5.41) is 8.84. The highest BCUT2D eigenvalue weighted by atomic mass is 14.2. The summed E-state index contributed by atoms with van der Waals surface area (Å²) >= 11 is 0. The SMILES string of the molecule is CCCCCc1cccc(C#Cc2ccc(C#Cc3ccc(C#N)cc3)cc2)c1. The van der Waals surface area contributed by atoms with E-state index in [1.54, 1.807) is 12.1 Å². The van der Waals surface area contributed by atoms with E-state index in [1.165, 1.54) is 24.8 Å². The van der Waals surface area contributed by atoms with E-state index in [2.05, 4.69) is 60.9 Å². The van der Waals surface area contributed by atoms with Gasteiger partial charge in [0.2, 0.25) is 0 Å². The minimum absolute atomic E-state index is 0.643. The number of hydrogen-bond donors (Lipinski definition) is 0. The number of unbranched alkanes of at least 4 members (excludes halogenated alkanes) is 2. The molecule has 3 aromatic rings. The molecule has 0 spiro atoms. The highest BCUT2D eigenvalue weighted by Gasteiger charge is 1.95. The predicted octanol–water partition coefficient (Wildman–Crippen LogP) is 6.09. The number of nitrogens with zero attached hydrogens (tertiary/aromatic N) is 1. The van der Waals surface area contributed by atoms with Crippen molar-refractivity contribution < 1.29 is 0 Å². The van der Waals surface area contributed by atoms with Gasteiger partial charge in [-0.3, -0.25) is 0 Å². The summed E-state index contributed by atoms with van der Waals surface area (Å²) in [5.74, 6) is 12.8. The van der Waals surface area contributed by atoms with Crippen molar-refractivity contribution >= 4 is 0 Å². The first-order chi connectivity index (χ1) is 14.3. The summed E-state index contributed by atoms with van der Waals surface area (Å²) in [6.07, 6.45) is 4.87. The summed E-state index contributed by atoms with van der Waals surface area (Å²) in [6, 6.07) is 25.9. The molecule has 1 heteroatoms.